The molecule has 1 atom stereocenters. The van der Waals surface area contributed by atoms with Crippen molar-refractivity contribution in [2.75, 3.05) is 7.11 Å². The number of aryl methyl sites for hydroxylation is 1. The van der Waals surface area contributed by atoms with Gasteiger partial charge in [-0.25, -0.2) is 0 Å². The zero-order chi connectivity index (χ0) is 20.6. The van der Waals surface area contributed by atoms with E-state index in [1.165, 1.54) is 0 Å². The van der Waals surface area contributed by atoms with E-state index in [4.69, 9.17) is 9.72 Å². The number of carbonyl (C=O) groups is 1. The first-order valence-electron chi connectivity index (χ1n) is 9.18. The van der Waals surface area contributed by atoms with E-state index in [0.29, 0.717) is 6.42 Å². The molecule has 0 fully saturated rings. The van der Waals surface area contributed by atoms with Crippen LogP contribution in [0.25, 0.3) is 22.2 Å². The number of carboxylic acids is 1. The highest BCUT2D eigenvalue weighted by Crippen LogP contribution is 2.38. The van der Waals surface area contributed by atoms with E-state index in [-0.39, 0.29) is 6.10 Å². The second kappa shape index (κ2) is 7.68. The summed E-state index contributed by atoms with van der Waals surface area (Å²) in [5.41, 5.74) is 4.61. The molecule has 148 valence electrons. The molecule has 2 heterocycles. The van der Waals surface area contributed by atoms with Crippen molar-refractivity contribution in [3.05, 3.63) is 51.8 Å². The Hall–Kier alpha value is -2.18. The SMILES string of the molecule is CO[C@@H](C)c1nc(C)ccc1-c1[nH]c2ccc(Br)cc2c1CC(C)(C)C(=O)O. The van der Waals surface area contributed by atoms with Gasteiger partial charge in [-0.2, -0.15) is 0 Å². The van der Waals surface area contributed by atoms with Crippen LogP contribution in [0.1, 0.15) is 43.8 Å². The zero-order valence-electron chi connectivity index (χ0n) is 16.8. The molecule has 6 heteroatoms. The van der Waals surface area contributed by atoms with Crippen LogP contribution in [-0.2, 0) is 16.0 Å². The Bertz CT molecular complexity index is 1040. The largest absolute Gasteiger partial charge is 0.481 e. The van der Waals surface area contributed by atoms with E-state index >= 15 is 0 Å². The summed E-state index contributed by atoms with van der Waals surface area (Å²) in [6, 6.07) is 10.0. The van der Waals surface area contributed by atoms with Gasteiger partial charge < -0.3 is 14.8 Å². The molecule has 0 radical (unpaired) electrons. The molecule has 0 saturated carbocycles. The molecule has 0 unspecified atom stereocenters. The standard InChI is InChI=1S/C22H25BrN2O3/c1-12-6-8-15(19(24-12)13(2)28-5)20-17(11-22(3,4)21(26)27)16-10-14(23)7-9-18(16)25-20/h6-10,13,25H,11H2,1-5H3,(H,26,27)/t13-/m0/s1. The van der Waals surface area contributed by atoms with E-state index < -0.39 is 11.4 Å². The van der Waals surface area contributed by atoms with Crippen LogP contribution in [0.2, 0.25) is 0 Å². The van der Waals surface area contributed by atoms with Crippen molar-refractivity contribution < 1.29 is 14.6 Å². The molecule has 0 saturated heterocycles. The second-order valence-electron chi connectivity index (χ2n) is 7.80. The number of hydrogen-bond acceptors (Lipinski definition) is 3. The van der Waals surface area contributed by atoms with Gasteiger partial charge >= 0.3 is 5.97 Å². The summed E-state index contributed by atoms with van der Waals surface area (Å²) in [5, 5.41) is 10.7. The van der Waals surface area contributed by atoms with Crippen molar-refractivity contribution >= 4 is 32.8 Å². The molecular weight excluding hydrogens is 420 g/mol. The number of hydrogen-bond donors (Lipinski definition) is 2. The van der Waals surface area contributed by atoms with Crippen LogP contribution in [-0.4, -0.2) is 28.2 Å². The number of pyridine rings is 1. The van der Waals surface area contributed by atoms with Crippen molar-refractivity contribution in [2.45, 2.75) is 40.2 Å². The molecule has 0 amide bonds. The van der Waals surface area contributed by atoms with Crippen LogP contribution in [0, 0.1) is 12.3 Å². The van der Waals surface area contributed by atoms with Crippen molar-refractivity contribution in [1.29, 1.82) is 0 Å². The quantitative estimate of drug-likeness (QED) is 0.513. The Morgan fingerprint density at radius 3 is 2.68 bits per heavy atom. The topological polar surface area (TPSA) is 75.2 Å². The average molecular weight is 445 g/mol. The third kappa shape index (κ3) is 3.84. The number of aromatic nitrogens is 2. The lowest BCUT2D eigenvalue weighted by molar-refractivity contribution is -0.146. The van der Waals surface area contributed by atoms with Gasteiger partial charge in [0.2, 0.25) is 0 Å². The molecule has 0 aliphatic carbocycles. The average Bonchev–Trinajstić information content (AvgIpc) is 2.98. The van der Waals surface area contributed by atoms with Gasteiger partial charge in [-0.05, 0) is 70.0 Å². The third-order valence-electron chi connectivity index (χ3n) is 5.14. The van der Waals surface area contributed by atoms with Crippen LogP contribution >= 0.6 is 15.9 Å². The maximum atomic E-state index is 11.8. The molecule has 0 bridgehead atoms. The number of halogens is 1. The minimum atomic E-state index is -0.905. The molecule has 0 spiro atoms. The Kier molecular flexibility index (Phi) is 5.64. The first-order valence-corrected chi connectivity index (χ1v) is 9.97. The van der Waals surface area contributed by atoms with Crippen LogP contribution < -0.4 is 0 Å². The smallest absolute Gasteiger partial charge is 0.309 e. The van der Waals surface area contributed by atoms with Gasteiger partial charge in [0, 0.05) is 33.7 Å². The summed E-state index contributed by atoms with van der Waals surface area (Å²) < 4.78 is 6.50. The van der Waals surface area contributed by atoms with Gasteiger partial charge in [-0.1, -0.05) is 15.9 Å². The molecule has 2 aromatic heterocycles. The number of H-pyrrole nitrogens is 1. The summed E-state index contributed by atoms with van der Waals surface area (Å²) in [6.45, 7) is 7.42. The van der Waals surface area contributed by atoms with E-state index in [2.05, 4.69) is 20.9 Å². The highest BCUT2D eigenvalue weighted by Gasteiger charge is 2.31. The number of nitrogens with one attached hydrogen (secondary N) is 1. The van der Waals surface area contributed by atoms with E-state index in [0.717, 1.165) is 43.6 Å². The van der Waals surface area contributed by atoms with Crippen LogP contribution in [0.3, 0.4) is 0 Å². The van der Waals surface area contributed by atoms with E-state index in [1.807, 2.05) is 44.2 Å². The fraction of sp³-hybridized carbons (Fsp3) is 0.364. The van der Waals surface area contributed by atoms with Crippen LogP contribution in [0.4, 0.5) is 0 Å². The number of ether oxygens (including phenoxy) is 1. The summed E-state index contributed by atoms with van der Waals surface area (Å²) in [4.78, 5) is 20.0. The number of methoxy groups -OCH3 is 1. The zero-order valence-corrected chi connectivity index (χ0v) is 18.3. The van der Waals surface area contributed by atoms with Crippen LogP contribution in [0.15, 0.2) is 34.8 Å². The van der Waals surface area contributed by atoms with Crippen molar-refractivity contribution in [3.63, 3.8) is 0 Å². The number of carboxylic acid groups (broad SMARTS) is 1. The molecule has 2 N–H and O–H groups in total. The lowest BCUT2D eigenvalue weighted by Crippen LogP contribution is -2.26. The van der Waals surface area contributed by atoms with E-state index in [9.17, 15) is 9.90 Å². The highest BCUT2D eigenvalue weighted by molar-refractivity contribution is 9.10. The monoisotopic (exact) mass is 444 g/mol. The van der Waals surface area contributed by atoms with Crippen molar-refractivity contribution in [2.24, 2.45) is 5.41 Å². The Morgan fingerprint density at radius 2 is 2.04 bits per heavy atom. The Balaban J connectivity index is 2.30. The van der Waals surface area contributed by atoms with Gasteiger partial charge in [0.1, 0.15) is 0 Å². The Morgan fingerprint density at radius 1 is 1.32 bits per heavy atom. The third-order valence-corrected chi connectivity index (χ3v) is 5.63. The number of rotatable bonds is 6. The van der Waals surface area contributed by atoms with Gasteiger partial charge in [0.05, 0.1) is 22.9 Å². The van der Waals surface area contributed by atoms with Crippen molar-refractivity contribution in [3.8, 4) is 11.3 Å². The summed E-state index contributed by atoms with van der Waals surface area (Å²) in [6.07, 6.45) is 0.205. The molecule has 3 aromatic rings. The molecule has 0 aliphatic rings. The molecule has 28 heavy (non-hydrogen) atoms. The second-order valence-corrected chi connectivity index (χ2v) is 8.71. The number of aromatic amines is 1. The predicted octanol–water partition coefficient (Wildman–Crippen LogP) is 5.66. The van der Waals surface area contributed by atoms with Gasteiger partial charge in [0.15, 0.2) is 0 Å². The maximum Gasteiger partial charge on any atom is 0.309 e. The Labute approximate surface area is 173 Å². The normalized spacial score (nSPS) is 13.1. The molecule has 1 aromatic carbocycles. The fourth-order valence-corrected chi connectivity index (χ4v) is 3.72. The number of nitrogens with zero attached hydrogens (tertiary/aromatic N) is 1. The van der Waals surface area contributed by atoms with Crippen LogP contribution in [0.5, 0.6) is 0 Å². The molecular formula is C22H25BrN2O3. The summed E-state index contributed by atoms with van der Waals surface area (Å²) >= 11 is 3.54. The molecule has 0 aliphatic heterocycles. The summed E-state index contributed by atoms with van der Waals surface area (Å²) in [7, 11) is 1.66. The minimum Gasteiger partial charge on any atom is -0.481 e. The highest BCUT2D eigenvalue weighted by atomic mass is 79.9. The first-order chi connectivity index (χ1) is 13.1. The lowest BCUT2D eigenvalue weighted by atomic mass is 9.84. The number of benzene rings is 1. The van der Waals surface area contributed by atoms with Gasteiger partial charge in [-0.15, -0.1) is 0 Å². The van der Waals surface area contributed by atoms with E-state index in [1.54, 1.807) is 21.0 Å². The van der Waals surface area contributed by atoms with Crippen molar-refractivity contribution in [1.82, 2.24) is 9.97 Å². The maximum absolute atomic E-state index is 11.8. The predicted molar refractivity (Wildman–Crippen MR) is 115 cm³/mol. The fourth-order valence-electron chi connectivity index (χ4n) is 3.36. The summed E-state index contributed by atoms with van der Waals surface area (Å²) in [5.74, 6) is -0.824. The number of aliphatic carboxylic acids is 1. The minimum absolute atomic E-state index is 0.187. The molecule has 5 nitrogen and oxygen atoms in total. The van der Waals surface area contributed by atoms with Gasteiger partial charge in [0.25, 0.3) is 0 Å². The lowest BCUT2D eigenvalue weighted by Gasteiger charge is -2.21. The first kappa shape index (κ1) is 20.6. The number of fused-ring (bicyclic) bond motifs is 1. The van der Waals surface area contributed by atoms with Gasteiger partial charge in [-0.3, -0.25) is 9.78 Å². The molecule has 3 rings (SSSR count).